The molecule has 0 radical (unpaired) electrons. The molecule has 1 fully saturated rings. The highest BCUT2D eigenvalue weighted by Crippen LogP contribution is 2.28. The summed E-state index contributed by atoms with van der Waals surface area (Å²) in [5.74, 6) is -0.0715. The first-order chi connectivity index (χ1) is 11.0. The molecule has 0 aromatic heterocycles. The quantitative estimate of drug-likeness (QED) is 0.795. The average Bonchev–Trinajstić information content (AvgIpc) is 2.55. The Morgan fingerprint density at radius 1 is 1.30 bits per heavy atom. The van der Waals surface area contributed by atoms with Crippen LogP contribution in [0.3, 0.4) is 0 Å². The standard InChI is InChI=1S/C16H23ClN2O3S/c1-2-3-10-18-16(20)13-8-11-19(12-9-13)23(21,22)15-7-5-4-6-14(15)17/h4-7,13H,2-3,8-12H2,1H3,(H,18,20). The predicted octanol–water partition coefficient (Wildman–Crippen LogP) is 2.66. The van der Waals surface area contributed by atoms with Gasteiger partial charge in [0.2, 0.25) is 15.9 Å². The topological polar surface area (TPSA) is 66.5 Å². The lowest BCUT2D eigenvalue weighted by Crippen LogP contribution is -2.43. The van der Waals surface area contributed by atoms with Crippen LogP contribution in [0.5, 0.6) is 0 Å². The maximum absolute atomic E-state index is 12.6. The average molecular weight is 359 g/mol. The van der Waals surface area contributed by atoms with Gasteiger partial charge in [0.05, 0.1) is 5.02 Å². The molecule has 128 valence electrons. The van der Waals surface area contributed by atoms with E-state index in [9.17, 15) is 13.2 Å². The molecule has 0 unspecified atom stereocenters. The molecule has 2 rings (SSSR count). The molecule has 1 heterocycles. The zero-order valence-corrected chi connectivity index (χ0v) is 14.9. The number of halogens is 1. The lowest BCUT2D eigenvalue weighted by Gasteiger charge is -2.30. The van der Waals surface area contributed by atoms with Crippen LogP contribution in [0.4, 0.5) is 0 Å². The third-order valence-electron chi connectivity index (χ3n) is 4.11. The number of sulfonamides is 1. The lowest BCUT2D eigenvalue weighted by atomic mass is 9.97. The summed E-state index contributed by atoms with van der Waals surface area (Å²) < 4.78 is 26.7. The van der Waals surface area contributed by atoms with Crippen LogP contribution in [-0.2, 0) is 14.8 Å². The third-order valence-corrected chi connectivity index (χ3v) is 6.51. The fourth-order valence-corrected chi connectivity index (χ4v) is 4.65. The monoisotopic (exact) mass is 358 g/mol. The van der Waals surface area contributed by atoms with Crippen molar-refractivity contribution >= 4 is 27.5 Å². The number of benzene rings is 1. The summed E-state index contributed by atoms with van der Waals surface area (Å²) in [7, 11) is -3.59. The fourth-order valence-electron chi connectivity index (χ4n) is 2.68. The van der Waals surface area contributed by atoms with Crippen LogP contribution in [0.1, 0.15) is 32.6 Å². The molecule has 1 aromatic rings. The van der Waals surface area contributed by atoms with E-state index in [-0.39, 0.29) is 21.7 Å². The molecule has 0 atom stereocenters. The predicted molar refractivity (Wildman–Crippen MR) is 90.9 cm³/mol. The summed E-state index contributed by atoms with van der Waals surface area (Å²) >= 11 is 6.01. The molecule has 1 aliphatic heterocycles. The number of carbonyl (C=O) groups excluding carboxylic acids is 1. The highest BCUT2D eigenvalue weighted by Gasteiger charge is 2.32. The van der Waals surface area contributed by atoms with Gasteiger partial charge in [0.25, 0.3) is 0 Å². The van der Waals surface area contributed by atoms with E-state index in [2.05, 4.69) is 12.2 Å². The molecule has 1 N–H and O–H groups in total. The smallest absolute Gasteiger partial charge is 0.244 e. The SMILES string of the molecule is CCCCNC(=O)C1CCN(S(=O)(=O)c2ccccc2Cl)CC1. The highest BCUT2D eigenvalue weighted by molar-refractivity contribution is 7.89. The number of amides is 1. The molecule has 5 nitrogen and oxygen atoms in total. The summed E-state index contributed by atoms with van der Waals surface area (Å²) in [5, 5.41) is 3.15. The van der Waals surface area contributed by atoms with Crippen LogP contribution < -0.4 is 5.32 Å². The largest absolute Gasteiger partial charge is 0.356 e. The minimum absolute atomic E-state index is 0.0354. The van der Waals surface area contributed by atoms with Gasteiger partial charge in [0.15, 0.2) is 0 Å². The van der Waals surface area contributed by atoms with Crippen molar-refractivity contribution < 1.29 is 13.2 Å². The number of hydrogen-bond acceptors (Lipinski definition) is 3. The molecule has 0 saturated carbocycles. The van der Waals surface area contributed by atoms with Crippen LogP contribution in [0.25, 0.3) is 0 Å². The van der Waals surface area contributed by atoms with Gasteiger partial charge in [-0.25, -0.2) is 8.42 Å². The van der Waals surface area contributed by atoms with Crippen LogP contribution in [-0.4, -0.2) is 38.3 Å². The molecule has 23 heavy (non-hydrogen) atoms. The Kier molecular flexibility index (Phi) is 6.44. The van der Waals surface area contributed by atoms with Crippen molar-refractivity contribution in [2.75, 3.05) is 19.6 Å². The molecular weight excluding hydrogens is 336 g/mol. The number of hydrogen-bond donors (Lipinski definition) is 1. The van der Waals surface area contributed by atoms with Gasteiger partial charge < -0.3 is 5.32 Å². The molecule has 0 bridgehead atoms. The minimum atomic E-state index is -3.59. The van der Waals surface area contributed by atoms with Crippen molar-refractivity contribution in [2.24, 2.45) is 5.92 Å². The number of rotatable bonds is 6. The van der Waals surface area contributed by atoms with Gasteiger partial charge in [0.1, 0.15) is 4.90 Å². The first-order valence-corrected chi connectivity index (χ1v) is 9.81. The van der Waals surface area contributed by atoms with E-state index in [1.54, 1.807) is 18.2 Å². The molecular formula is C16H23ClN2O3S. The second-order valence-electron chi connectivity index (χ2n) is 5.75. The Labute approximate surface area is 143 Å². The zero-order valence-electron chi connectivity index (χ0n) is 13.3. The van der Waals surface area contributed by atoms with Crippen molar-refractivity contribution in [3.63, 3.8) is 0 Å². The first kappa shape index (κ1) is 18.2. The van der Waals surface area contributed by atoms with Crippen molar-refractivity contribution in [3.05, 3.63) is 29.3 Å². The molecule has 0 aliphatic carbocycles. The Morgan fingerprint density at radius 3 is 2.57 bits per heavy atom. The summed E-state index contributed by atoms with van der Waals surface area (Å²) in [5.41, 5.74) is 0. The van der Waals surface area contributed by atoms with Gasteiger partial charge in [-0.2, -0.15) is 4.31 Å². The number of piperidine rings is 1. The Balaban J connectivity index is 1.96. The normalized spacial score (nSPS) is 17.1. The van der Waals surface area contributed by atoms with E-state index < -0.39 is 10.0 Å². The van der Waals surface area contributed by atoms with Gasteiger partial charge in [-0.05, 0) is 31.4 Å². The summed E-state index contributed by atoms with van der Waals surface area (Å²) in [4.78, 5) is 12.2. The van der Waals surface area contributed by atoms with Crippen LogP contribution in [0.2, 0.25) is 5.02 Å². The Morgan fingerprint density at radius 2 is 1.96 bits per heavy atom. The summed E-state index contributed by atoms with van der Waals surface area (Å²) in [6.45, 7) is 3.45. The molecule has 1 saturated heterocycles. The van der Waals surface area contributed by atoms with Crippen molar-refractivity contribution in [3.8, 4) is 0 Å². The Bertz CT molecular complexity index is 640. The van der Waals surface area contributed by atoms with Crippen molar-refractivity contribution in [1.29, 1.82) is 0 Å². The number of carbonyl (C=O) groups is 1. The molecule has 1 aromatic carbocycles. The van der Waals surface area contributed by atoms with E-state index in [4.69, 9.17) is 11.6 Å². The first-order valence-electron chi connectivity index (χ1n) is 7.99. The maximum atomic E-state index is 12.6. The highest BCUT2D eigenvalue weighted by atomic mass is 35.5. The second-order valence-corrected chi connectivity index (χ2v) is 8.07. The van der Waals surface area contributed by atoms with E-state index in [1.165, 1.54) is 10.4 Å². The number of nitrogens with one attached hydrogen (secondary N) is 1. The number of unbranched alkanes of at least 4 members (excludes halogenated alkanes) is 1. The van der Waals surface area contributed by atoms with Crippen molar-refractivity contribution in [2.45, 2.75) is 37.5 Å². The van der Waals surface area contributed by atoms with Crippen molar-refractivity contribution in [1.82, 2.24) is 9.62 Å². The minimum Gasteiger partial charge on any atom is -0.356 e. The van der Waals surface area contributed by atoms with Gasteiger partial charge in [-0.3, -0.25) is 4.79 Å². The van der Waals surface area contributed by atoms with Crippen LogP contribution in [0, 0.1) is 5.92 Å². The van der Waals surface area contributed by atoms with Gasteiger partial charge in [-0.15, -0.1) is 0 Å². The van der Waals surface area contributed by atoms with E-state index >= 15 is 0 Å². The van der Waals surface area contributed by atoms with Gasteiger partial charge >= 0.3 is 0 Å². The molecule has 1 amide bonds. The van der Waals surface area contributed by atoms with E-state index in [0.29, 0.717) is 32.5 Å². The fraction of sp³-hybridized carbons (Fsp3) is 0.562. The maximum Gasteiger partial charge on any atom is 0.244 e. The van der Waals surface area contributed by atoms with Gasteiger partial charge in [-0.1, -0.05) is 37.1 Å². The summed E-state index contributed by atoms with van der Waals surface area (Å²) in [6, 6.07) is 6.45. The second kappa shape index (κ2) is 8.13. The van der Waals surface area contributed by atoms with E-state index in [1.807, 2.05) is 0 Å². The summed E-state index contributed by atoms with van der Waals surface area (Å²) in [6.07, 6.45) is 3.09. The molecule has 0 spiro atoms. The zero-order chi connectivity index (χ0) is 16.9. The van der Waals surface area contributed by atoms with Gasteiger partial charge in [0, 0.05) is 25.6 Å². The number of nitrogens with zero attached hydrogens (tertiary/aromatic N) is 1. The lowest BCUT2D eigenvalue weighted by molar-refractivity contribution is -0.126. The third kappa shape index (κ3) is 4.46. The molecule has 7 heteroatoms. The van der Waals surface area contributed by atoms with Crippen LogP contribution >= 0.6 is 11.6 Å². The molecule has 1 aliphatic rings. The Hall–Kier alpha value is -1.11. The van der Waals surface area contributed by atoms with E-state index in [0.717, 1.165) is 12.8 Å². The van der Waals surface area contributed by atoms with Crippen LogP contribution in [0.15, 0.2) is 29.2 Å².